The third-order valence-corrected chi connectivity index (χ3v) is 27.1. The molecule has 10 aliphatic heterocycles. The zero-order valence-corrected chi connectivity index (χ0v) is 87.7. The molecule has 0 bridgehead atoms. The standard InChI is InChI=1S/C14H30N4.C13H28N4.C13H28N2O.3C12H26N2O2.C12H26N2O.C11H24N2O2/c1-15-7-11-17(12-8-15)5-3-4-6-18-13-9-16(2)10-14-18;1-14-6-10-16(11-7-14)4-3-5-17-12-8-15(2)9-13-17;1-14-9-11-15(12-10-14)8-6-4-3-5-7-13-16-2;1-13-6-8-14(9-7-13)5-3-11-16-12-4-10-15-2;1-13-5-7-14(8-6-13)9-12-16-11-4-3-10-15-2;1-13-6-8-14(9-7-13)5-3-4-10-16-12-11-15-2;1-13-8-10-14(11-9-13)7-5-3-4-6-12-15-2;1-14-10-3-4-12-5-7-13(8-6-12)9-11-15-2/h3-14H2,1-2H3;3-13H2,1-2H3;3-13H2,1-2H3;3*3-12H2,1-2H3;3-12H2,1-2H3;3-11H2,1-2H3. The van der Waals surface area contributed by atoms with E-state index >= 15 is 0 Å². The average Bonchev–Trinajstić information content (AvgIpc) is 0.895. The Hall–Kier alpha value is -1.20. The van der Waals surface area contributed by atoms with Crippen molar-refractivity contribution < 1.29 is 47.4 Å². The van der Waals surface area contributed by atoms with Crippen molar-refractivity contribution in [2.24, 2.45) is 0 Å². The lowest BCUT2D eigenvalue weighted by atomic mass is 10.1. The summed E-state index contributed by atoms with van der Waals surface area (Å²) in [5.41, 5.74) is 0. The number of nitrogens with zero attached hydrogens (tertiary/aromatic N) is 20. The average molecular weight is 1840 g/mol. The second-order valence-corrected chi connectivity index (χ2v) is 38.5. The quantitative estimate of drug-likeness (QED) is 0.0681. The molecule has 10 rings (SSSR count). The molecule has 0 aliphatic carbocycles. The van der Waals surface area contributed by atoms with E-state index in [9.17, 15) is 0 Å². The molecule has 30 heteroatoms. The van der Waals surface area contributed by atoms with Crippen molar-refractivity contribution in [1.29, 1.82) is 0 Å². The number of hydrogen-bond donors (Lipinski definition) is 0. The zero-order chi connectivity index (χ0) is 93.3. The van der Waals surface area contributed by atoms with Crippen LogP contribution in [0.2, 0.25) is 0 Å². The summed E-state index contributed by atoms with van der Waals surface area (Å²) in [4.78, 5) is 49.9. The summed E-state index contributed by atoms with van der Waals surface area (Å²) in [6.07, 6.45) is 23.9. The van der Waals surface area contributed by atoms with Crippen molar-refractivity contribution in [1.82, 2.24) is 98.0 Å². The van der Waals surface area contributed by atoms with Crippen LogP contribution >= 0.6 is 0 Å². The normalized spacial score (nSPS) is 21.1. The Balaban J connectivity index is 0.000000380. The molecule has 770 valence electrons. The van der Waals surface area contributed by atoms with Crippen molar-refractivity contribution in [3.05, 3.63) is 0 Å². The highest BCUT2D eigenvalue weighted by Gasteiger charge is 2.22. The summed E-state index contributed by atoms with van der Waals surface area (Å²) < 4.78 is 51.6. The van der Waals surface area contributed by atoms with E-state index in [1.165, 1.54) is 404 Å². The third-order valence-electron chi connectivity index (χ3n) is 27.1. The van der Waals surface area contributed by atoms with Crippen LogP contribution in [-0.2, 0) is 47.4 Å². The van der Waals surface area contributed by atoms with Gasteiger partial charge in [-0.05, 0) is 199 Å². The third kappa shape index (κ3) is 72.7. The fraction of sp³-hybridized carbons (Fsp3) is 1.00. The smallest absolute Gasteiger partial charge is 0.0700 e. The first kappa shape index (κ1) is 122. The topological polar surface area (TPSA) is 157 Å². The van der Waals surface area contributed by atoms with Gasteiger partial charge in [-0.3, -0.25) is 9.80 Å². The van der Waals surface area contributed by atoms with Gasteiger partial charge in [0, 0.05) is 397 Å². The Morgan fingerprint density at radius 1 is 0.116 bits per heavy atom. The number of ether oxygens (including phenoxy) is 10. The first-order chi connectivity index (χ1) is 63.0. The Labute approximate surface area is 796 Å². The summed E-state index contributed by atoms with van der Waals surface area (Å²) >= 11 is 0. The maximum atomic E-state index is 5.60. The summed E-state index contributed by atoms with van der Waals surface area (Å²) in [7, 11) is 32.2. The molecule has 0 unspecified atom stereocenters. The second kappa shape index (κ2) is 87.1. The van der Waals surface area contributed by atoms with E-state index in [-0.39, 0.29) is 0 Å². The number of rotatable bonds is 55. The molecule has 10 heterocycles. The van der Waals surface area contributed by atoms with E-state index in [0.717, 1.165) is 131 Å². The Morgan fingerprint density at radius 3 is 0.566 bits per heavy atom. The van der Waals surface area contributed by atoms with Gasteiger partial charge in [0.05, 0.1) is 26.4 Å². The van der Waals surface area contributed by atoms with Crippen LogP contribution in [-0.4, -0.2) is 631 Å². The largest absolute Gasteiger partial charge is 0.385 e. The van der Waals surface area contributed by atoms with Crippen LogP contribution in [0.25, 0.3) is 0 Å². The minimum absolute atomic E-state index is 0.707. The highest BCUT2D eigenvalue weighted by molar-refractivity contribution is 4.79. The van der Waals surface area contributed by atoms with Gasteiger partial charge in [0.25, 0.3) is 0 Å². The molecule has 0 aromatic carbocycles. The molecule has 30 nitrogen and oxygen atoms in total. The van der Waals surface area contributed by atoms with Crippen molar-refractivity contribution in [3.8, 4) is 0 Å². The fourth-order valence-electron chi connectivity index (χ4n) is 17.1. The first-order valence-electron chi connectivity index (χ1n) is 52.3. The van der Waals surface area contributed by atoms with Gasteiger partial charge in [-0.1, -0.05) is 32.1 Å². The second-order valence-electron chi connectivity index (χ2n) is 38.5. The van der Waals surface area contributed by atoms with Crippen LogP contribution in [0, 0.1) is 0 Å². The highest BCUT2D eigenvalue weighted by atomic mass is 16.5. The van der Waals surface area contributed by atoms with Gasteiger partial charge in [0.1, 0.15) is 0 Å². The molecule has 129 heavy (non-hydrogen) atoms. The number of methoxy groups -OCH3 is 7. The summed E-state index contributed by atoms with van der Waals surface area (Å²) in [6.45, 7) is 73.8. The van der Waals surface area contributed by atoms with Crippen molar-refractivity contribution in [2.75, 3.05) is 533 Å². The lowest BCUT2D eigenvalue weighted by Gasteiger charge is -2.34. The SMILES string of the molecule is CN1CCN(CCCCN2CCN(C)CC2)CC1.CN1CCN(CCCN2CCN(C)CC2)CC1.COCCCCCCCN1CCN(C)CC1.COCCCCCCN1CCN(C)CC1.COCCCCOCCN1CCN(C)CC1.COCCCN1CCN(CCOC)CC1.COCCCOCCCN1CCN(C)CC1.COCCOCCCCN1CCN(C)CC1. The molecule has 0 saturated carbocycles. The number of piperazine rings is 10. The monoisotopic (exact) mass is 1840 g/mol. The predicted molar refractivity (Wildman–Crippen MR) is 542 cm³/mol. The van der Waals surface area contributed by atoms with Crippen molar-refractivity contribution >= 4 is 0 Å². The molecule has 0 radical (unpaired) electrons. The maximum Gasteiger partial charge on any atom is 0.0700 e. The number of hydrogen-bond acceptors (Lipinski definition) is 30. The van der Waals surface area contributed by atoms with Gasteiger partial charge in [0.2, 0.25) is 0 Å². The Morgan fingerprint density at radius 2 is 0.271 bits per heavy atom. The molecule has 10 saturated heterocycles. The molecule has 10 fully saturated rings. The van der Waals surface area contributed by atoms with Gasteiger partial charge in [0.15, 0.2) is 0 Å². The maximum absolute atomic E-state index is 5.60. The van der Waals surface area contributed by atoms with Crippen molar-refractivity contribution in [3.63, 3.8) is 0 Å². The summed E-state index contributed by atoms with van der Waals surface area (Å²) in [5, 5.41) is 0. The van der Waals surface area contributed by atoms with Gasteiger partial charge >= 0.3 is 0 Å². The molecular formula is C99H214N20O10. The number of unbranched alkanes of at least 4 members (excludes halogenated alkanes) is 10. The number of likely N-dealkylation sites (N-methyl/N-ethyl adjacent to an activating group) is 9. The fourth-order valence-corrected chi connectivity index (χ4v) is 17.1. The van der Waals surface area contributed by atoms with E-state index in [2.05, 4.69) is 161 Å². The van der Waals surface area contributed by atoms with E-state index < -0.39 is 0 Å². The first-order valence-corrected chi connectivity index (χ1v) is 52.3. The predicted octanol–water partition coefficient (Wildman–Crippen LogP) is 5.72. The van der Waals surface area contributed by atoms with Gasteiger partial charge in [-0.15, -0.1) is 0 Å². The lowest BCUT2D eigenvalue weighted by molar-refractivity contribution is 0.0666. The minimum atomic E-state index is 0.707. The van der Waals surface area contributed by atoms with Crippen LogP contribution in [0.5, 0.6) is 0 Å². The Bertz CT molecular complexity index is 2080. The van der Waals surface area contributed by atoms with Crippen LogP contribution in [0.3, 0.4) is 0 Å². The molecule has 0 aromatic rings. The summed E-state index contributed by atoms with van der Waals surface area (Å²) in [5.74, 6) is 0. The van der Waals surface area contributed by atoms with Gasteiger partial charge in [-0.25, -0.2) is 0 Å². The van der Waals surface area contributed by atoms with E-state index in [1.54, 1.807) is 49.8 Å². The van der Waals surface area contributed by atoms with E-state index in [0.29, 0.717) is 6.61 Å². The zero-order valence-electron chi connectivity index (χ0n) is 87.7. The molecule has 0 atom stereocenters. The van der Waals surface area contributed by atoms with Crippen molar-refractivity contribution in [2.45, 2.75) is 122 Å². The van der Waals surface area contributed by atoms with Crippen LogP contribution in [0.15, 0.2) is 0 Å². The minimum Gasteiger partial charge on any atom is -0.385 e. The summed E-state index contributed by atoms with van der Waals surface area (Å²) in [6, 6.07) is 0. The van der Waals surface area contributed by atoms with Crippen LogP contribution < -0.4 is 0 Å². The lowest BCUT2D eigenvalue weighted by Crippen LogP contribution is -2.47. The van der Waals surface area contributed by atoms with E-state index in [4.69, 9.17) is 47.4 Å². The van der Waals surface area contributed by atoms with Crippen LogP contribution in [0.1, 0.15) is 122 Å². The van der Waals surface area contributed by atoms with E-state index in [1.807, 2.05) is 0 Å². The Kier molecular flexibility index (Phi) is 82.3. The van der Waals surface area contributed by atoms with Gasteiger partial charge < -0.3 is 136 Å². The highest BCUT2D eigenvalue weighted by Crippen LogP contribution is 2.13. The molecule has 0 N–H and O–H groups in total. The molecule has 0 spiro atoms. The van der Waals surface area contributed by atoms with Crippen LogP contribution in [0.4, 0.5) is 0 Å². The molecular weight excluding hydrogens is 1630 g/mol. The van der Waals surface area contributed by atoms with Gasteiger partial charge in [-0.2, -0.15) is 0 Å². The molecule has 0 amide bonds. The molecule has 10 aliphatic rings. The molecule has 0 aromatic heterocycles.